The van der Waals surface area contributed by atoms with Gasteiger partial charge in [-0.05, 0) is 19.3 Å². The summed E-state index contributed by atoms with van der Waals surface area (Å²) in [6, 6.07) is 0.0660. The second-order valence-electron chi connectivity index (χ2n) is 4.30. The highest BCUT2D eigenvalue weighted by molar-refractivity contribution is 5.88. The van der Waals surface area contributed by atoms with E-state index in [1.165, 1.54) is 0 Å². The fraction of sp³-hybridized carbons (Fsp3) is 0.889. The number of hydrogen-bond acceptors (Lipinski definition) is 3. The number of halogens is 1. The first kappa shape index (κ1) is 9.86. The van der Waals surface area contributed by atoms with Crippen LogP contribution in [0.3, 0.4) is 0 Å². The summed E-state index contributed by atoms with van der Waals surface area (Å²) in [5, 5.41) is 5.76. The van der Waals surface area contributed by atoms with Crippen molar-refractivity contribution < 1.29 is 9.18 Å². The zero-order valence-corrected chi connectivity index (χ0v) is 8.05. The van der Waals surface area contributed by atoms with Crippen LogP contribution in [0.25, 0.3) is 0 Å². The number of hydrogen-bond donors (Lipinski definition) is 3. The molecule has 0 aromatic heterocycles. The number of nitrogens with one attached hydrogen (secondary N) is 2. The number of rotatable bonds is 3. The van der Waals surface area contributed by atoms with Gasteiger partial charge < -0.3 is 16.4 Å². The minimum Gasteiger partial charge on any atom is -0.353 e. The Morgan fingerprint density at radius 2 is 2.36 bits per heavy atom. The summed E-state index contributed by atoms with van der Waals surface area (Å²) in [7, 11) is 0. The van der Waals surface area contributed by atoms with Crippen molar-refractivity contribution in [2.24, 2.45) is 5.73 Å². The fourth-order valence-electron chi connectivity index (χ4n) is 1.68. The topological polar surface area (TPSA) is 67.2 Å². The van der Waals surface area contributed by atoms with Crippen molar-refractivity contribution in [1.82, 2.24) is 10.6 Å². The van der Waals surface area contributed by atoms with Crippen LogP contribution in [0.2, 0.25) is 0 Å². The van der Waals surface area contributed by atoms with Crippen LogP contribution >= 0.6 is 0 Å². The number of amides is 1. The lowest BCUT2D eigenvalue weighted by molar-refractivity contribution is -0.123. The highest BCUT2D eigenvalue weighted by Gasteiger charge is 2.45. The van der Waals surface area contributed by atoms with Gasteiger partial charge in [-0.2, -0.15) is 0 Å². The molecule has 4 N–H and O–H groups in total. The molecular weight excluding hydrogens is 185 g/mol. The molecule has 2 fully saturated rings. The molecule has 0 radical (unpaired) electrons. The second-order valence-corrected chi connectivity index (χ2v) is 4.30. The van der Waals surface area contributed by atoms with Crippen LogP contribution in [-0.4, -0.2) is 36.7 Å². The molecule has 14 heavy (non-hydrogen) atoms. The molecule has 5 heteroatoms. The normalized spacial score (nSPS) is 34.1. The summed E-state index contributed by atoms with van der Waals surface area (Å²) >= 11 is 0. The minimum atomic E-state index is -0.773. The van der Waals surface area contributed by atoms with Crippen LogP contribution in [-0.2, 0) is 4.79 Å². The van der Waals surface area contributed by atoms with E-state index in [-0.39, 0.29) is 11.9 Å². The van der Waals surface area contributed by atoms with Gasteiger partial charge >= 0.3 is 0 Å². The predicted molar refractivity (Wildman–Crippen MR) is 50.5 cm³/mol. The number of carbonyl (C=O) groups excluding carboxylic acids is 1. The Morgan fingerprint density at radius 3 is 2.86 bits per heavy atom. The average Bonchev–Trinajstić information content (AvgIpc) is 2.76. The number of alkyl halides is 1. The molecule has 4 nitrogen and oxygen atoms in total. The fourth-order valence-corrected chi connectivity index (χ4v) is 1.68. The SMILES string of the molecule is NC1(C(=O)NC[C@@H]2C[C@H](F)CN2)CC1. The highest BCUT2D eigenvalue weighted by Crippen LogP contribution is 2.32. The lowest BCUT2D eigenvalue weighted by atomic mass is 10.2. The van der Waals surface area contributed by atoms with Gasteiger partial charge in [0.05, 0.1) is 5.54 Å². The summed E-state index contributed by atoms with van der Waals surface area (Å²) in [6.45, 7) is 0.881. The molecular formula is C9H16FN3O. The Bertz CT molecular complexity index is 242. The van der Waals surface area contributed by atoms with E-state index in [1.54, 1.807) is 0 Å². The van der Waals surface area contributed by atoms with E-state index in [0.717, 1.165) is 12.8 Å². The third-order valence-corrected chi connectivity index (χ3v) is 2.92. The molecule has 1 saturated heterocycles. The van der Waals surface area contributed by atoms with Crippen LogP contribution in [0.4, 0.5) is 4.39 Å². The summed E-state index contributed by atoms with van der Waals surface area (Å²) < 4.78 is 12.7. The molecule has 1 saturated carbocycles. The van der Waals surface area contributed by atoms with Crippen LogP contribution < -0.4 is 16.4 Å². The molecule has 0 aromatic carbocycles. The molecule has 1 amide bonds. The van der Waals surface area contributed by atoms with Gasteiger partial charge in [-0.25, -0.2) is 4.39 Å². The Hall–Kier alpha value is -0.680. The maximum Gasteiger partial charge on any atom is 0.240 e. The Morgan fingerprint density at radius 1 is 1.64 bits per heavy atom. The van der Waals surface area contributed by atoms with E-state index in [0.29, 0.717) is 19.5 Å². The zero-order chi connectivity index (χ0) is 10.2. The van der Waals surface area contributed by atoms with Gasteiger partial charge in [0.2, 0.25) is 5.91 Å². The van der Waals surface area contributed by atoms with E-state index < -0.39 is 11.7 Å². The molecule has 0 aromatic rings. The second kappa shape index (κ2) is 3.47. The van der Waals surface area contributed by atoms with Gasteiger partial charge in [0.1, 0.15) is 6.17 Å². The van der Waals surface area contributed by atoms with Crippen LogP contribution in [0, 0.1) is 0 Å². The van der Waals surface area contributed by atoms with Crippen LogP contribution in [0.5, 0.6) is 0 Å². The quantitative estimate of drug-likeness (QED) is 0.565. The number of carbonyl (C=O) groups is 1. The Balaban J connectivity index is 1.70. The molecule has 0 spiro atoms. The van der Waals surface area contributed by atoms with Gasteiger partial charge in [-0.15, -0.1) is 0 Å². The molecule has 0 bridgehead atoms. The molecule has 2 rings (SSSR count). The molecule has 80 valence electrons. The van der Waals surface area contributed by atoms with Gasteiger partial charge in [0.15, 0.2) is 0 Å². The Labute approximate surface area is 82.4 Å². The van der Waals surface area contributed by atoms with Crippen LogP contribution in [0.1, 0.15) is 19.3 Å². The maximum absolute atomic E-state index is 12.7. The van der Waals surface area contributed by atoms with E-state index >= 15 is 0 Å². The lowest BCUT2D eigenvalue weighted by Crippen LogP contribution is -2.46. The van der Waals surface area contributed by atoms with Gasteiger partial charge in [0, 0.05) is 19.1 Å². The third-order valence-electron chi connectivity index (χ3n) is 2.92. The summed E-state index contributed by atoms with van der Waals surface area (Å²) in [4.78, 5) is 11.4. The molecule has 1 aliphatic heterocycles. The largest absolute Gasteiger partial charge is 0.353 e. The van der Waals surface area contributed by atoms with Crippen molar-refractivity contribution in [1.29, 1.82) is 0 Å². The van der Waals surface area contributed by atoms with E-state index in [1.807, 2.05) is 0 Å². The maximum atomic E-state index is 12.7. The molecule has 0 unspecified atom stereocenters. The van der Waals surface area contributed by atoms with Crippen molar-refractivity contribution in [2.75, 3.05) is 13.1 Å². The van der Waals surface area contributed by atoms with Crippen molar-refractivity contribution in [2.45, 2.75) is 37.0 Å². The van der Waals surface area contributed by atoms with Crippen molar-refractivity contribution in [3.63, 3.8) is 0 Å². The highest BCUT2D eigenvalue weighted by atomic mass is 19.1. The monoisotopic (exact) mass is 201 g/mol. The van der Waals surface area contributed by atoms with Crippen LogP contribution in [0.15, 0.2) is 0 Å². The van der Waals surface area contributed by atoms with Crippen molar-refractivity contribution >= 4 is 5.91 Å². The van der Waals surface area contributed by atoms with E-state index in [9.17, 15) is 9.18 Å². The predicted octanol–water partition coefficient (Wildman–Crippen LogP) is -0.706. The first-order valence-electron chi connectivity index (χ1n) is 5.05. The standard InChI is InChI=1S/C9H16FN3O/c10-6-3-7(12-4-6)5-13-8(14)9(11)1-2-9/h6-7,12H,1-5,11H2,(H,13,14)/t6-,7-/m0/s1. The molecule has 1 aliphatic carbocycles. The average molecular weight is 201 g/mol. The van der Waals surface area contributed by atoms with Crippen molar-refractivity contribution in [3.05, 3.63) is 0 Å². The first-order chi connectivity index (χ1) is 6.60. The number of nitrogens with two attached hydrogens (primary N) is 1. The molecule has 1 heterocycles. The Kier molecular flexibility index (Phi) is 2.45. The van der Waals surface area contributed by atoms with E-state index in [4.69, 9.17) is 5.73 Å². The van der Waals surface area contributed by atoms with Crippen molar-refractivity contribution in [3.8, 4) is 0 Å². The smallest absolute Gasteiger partial charge is 0.240 e. The minimum absolute atomic E-state index is 0.0660. The summed E-state index contributed by atoms with van der Waals surface area (Å²) in [6.07, 6.45) is 1.24. The summed E-state index contributed by atoms with van der Waals surface area (Å²) in [5.41, 5.74) is 5.08. The third kappa shape index (κ3) is 2.04. The first-order valence-corrected chi connectivity index (χ1v) is 5.05. The zero-order valence-electron chi connectivity index (χ0n) is 8.05. The van der Waals surface area contributed by atoms with E-state index in [2.05, 4.69) is 10.6 Å². The lowest BCUT2D eigenvalue weighted by Gasteiger charge is -2.13. The van der Waals surface area contributed by atoms with Gasteiger partial charge in [0.25, 0.3) is 0 Å². The summed E-state index contributed by atoms with van der Waals surface area (Å²) in [5.74, 6) is -0.0957. The molecule has 2 aliphatic rings. The molecule has 2 atom stereocenters. The van der Waals surface area contributed by atoms with Gasteiger partial charge in [-0.3, -0.25) is 4.79 Å². The van der Waals surface area contributed by atoms with Gasteiger partial charge in [-0.1, -0.05) is 0 Å².